The molecule has 6 heteroatoms. The molecule has 1 atom stereocenters. The summed E-state index contributed by atoms with van der Waals surface area (Å²) in [4.78, 5) is 0. The Hall–Kier alpha value is 0.160. The van der Waals surface area contributed by atoms with Crippen LogP contribution in [-0.4, -0.2) is 37.8 Å². The van der Waals surface area contributed by atoms with Gasteiger partial charge in [-0.1, -0.05) is 20.8 Å². The zero-order chi connectivity index (χ0) is 13.5. The minimum absolute atomic E-state index is 0.0217. The van der Waals surface area contributed by atoms with Crippen LogP contribution in [0.3, 0.4) is 0 Å². The van der Waals surface area contributed by atoms with Gasteiger partial charge in [0.2, 0.25) is 10.0 Å². The van der Waals surface area contributed by atoms with Gasteiger partial charge < -0.3 is 5.11 Å². The molecule has 0 aromatic carbocycles. The zero-order valence-corrected chi connectivity index (χ0v) is 12.4. The highest BCUT2D eigenvalue weighted by atomic mass is 35.5. The predicted octanol–water partition coefficient (Wildman–Crippen LogP) is 1.72. The van der Waals surface area contributed by atoms with Crippen molar-refractivity contribution in [2.75, 3.05) is 18.2 Å². The number of sulfonamides is 1. The molecule has 0 aromatic heterocycles. The fraction of sp³-hybridized carbons (Fsp3) is 1.00. The van der Waals surface area contributed by atoms with E-state index in [4.69, 9.17) is 16.7 Å². The van der Waals surface area contributed by atoms with Gasteiger partial charge in [-0.15, -0.1) is 11.6 Å². The fourth-order valence-electron chi connectivity index (χ4n) is 1.46. The lowest BCUT2D eigenvalue weighted by atomic mass is 9.86. The summed E-state index contributed by atoms with van der Waals surface area (Å²) in [5.41, 5.74) is -0.206. The van der Waals surface area contributed by atoms with Gasteiger partial charge in [0, 0.05) is 18.5 Å². The Balaban J connectivity index is 4.43. The molecule has 0 saturated carbocycles. The van der Waals surface area contributed by atoms with Crippen molar-refractivity contribution in [1.29, 1.82) is 0 Å². The SMILES string of the molecule is CC(C)(C)C(CCO)NS(=O)(=O)CCCCCl. The minimum Gasteiger partial charge on any atom is -0.396 e. The standard InChI is InChI=1S/C11H24ClNO3S/c1-11(2,3)10(6-8-14)13-17(15,16)9-5-4-7-12/h10,13-14H,4-9H2,1-3H3. The van der Waals surface area contributed by atoms with E-state index in [0.717, 1.165) is 0 Å². The maximum atomic E-state index is 11.8. The number of rotatable bonds is 8. The molecule has 0 bridgehead atoms. The van der Waals surface area contributed by atoms with Crippen molar-refractivity contribution in [1.82, 2.24) is 4.72 Å². The van der Waals surface area contributed by atoms with Crippen molar-refractivity contribution in [3.8, 4) is 0 Å². The van der Waals surface area contributed by atoms with Crippen molar-refractivity contribution in [2.24, 2.45) is 5.41 Å². The van der Waals surface area contributed by atoms with E-state index >= 15 is 0 Å². The largest absolute Gasteiger partial charge is 0.396 e. The second-order valence-electron chi connectivity index (χ2n) is 5.26. The fourth-order valence-corrected chi connectivity index (χ4v) is 3.26. The van der Waals surface area contributed by atoms with Crippen LogP contribution < -0.4 is 4.72 Å². The molecule has 0 amide bonds. The van der Waals surface area contributed by atoms with Crippen LogP contribution in [-0.2, 0) is 10.0 Å². The molecule has 0 spiro atoms. The van der Waals surface area contributed by atoms with E-state index in [2.05, 4.69) is 4.72 Å². The average Bonchev–Trinajstić information content (AvgIpc) is 2.15. The van der Waals surface area contributed by atoms with Gasteiger partial charge in [-0.3, -0.25) is 0 Å². The Kier molecular flexibility index (Phi) is 7.63. The molecule has 0 fully saturated rings. The van der Waals surface area contributed by atoms with Crippen molar-refractivity contribution >= 4 is 21.6 Å². The number of aliphatic hydroxyl groups is 1. The second kappa shape index (κ2) is 7.56. The molecule has 0 radical (unpaired) electrons. The summed E-state index contributed by atoms with van der Waals surface area (Å²) in [6, 6.07) is -0.242. The molecular formula is C11H24ClNO3S. The van der Waals surface area contributed by atoms with Gasteiger partial charge in [0.25, 0.3) is 0 Å². The van der Waals surface area contributed by atoms with Crippen LogP contribution >= 0.6 is 11.6 Å². The van der Waals surface area contributed by atoms with E-state index in [0.29, 0.717) is 25.1 Å². The highest BCUT2D eigenvalue weighted by molar-refractivity contribution is 7.89. The molecule has 0 aliphatic carbocycles. The first kappa shape index (κ1) is 17.2. The first-order chi connectivity index (χ1) is 7.73. The molecule has 104 valence electrons. The maximum absolute atomic E-state index is 11.8. The van der Waals surface area contributed by atoms with Gasteiger partial charge in [0.05, 0.1) is 5.75 Å². The van der Waals surface area contributed by atoms with Gasteiger partial charge in [-0.05, 0) is 24.7 Å². The van der Waals surface area contributed by atoms with Crippen LogP contribution in [0.2, 0.25) is 0 Å². The van der Waals surface area contributed by atoms with Gasteiger partial charge in [-0.2, -0.15) is 0 Å². The van der Waals surface area contributed by atoms with Crippen LogP contribution in [0.1, 0.15) is 40.0 Å². The van der Waals surface area contributed by atoms with E-state index in [1.807, 2.05) is 20.8 Å². The number of nitrogens with one attached hydrogen (secondary N) is 1. The molecular weight excluding hydrogens is 262 g/mol. The third kappa shape index (κ3) is 7.97. The normalized spacial score (nSPS) is 14.9. The lowest BCUT2D eigenvalue weighted by molar-refractivity contribution is 0.214. The lowest BCUT2D eigenvalue weighted by Gasteiger charge is -2.30. The van der Waals surface area contributed by atoms with Crippen LogP contribution in [0.15, 0.2) is 0 Å². The third-order valence-corrected chi connectivity index (χ3v) is 4.32. The summed E-state index contributed by atoms with van der Waals surface area (Å²) in [5.74, 6) is 0.576. The third-order valence-electron chi connectivity index (χ3n) is 2.58. The van der Waals surface area contributed by atoms with Gasteiger partial charge >= 0.3 is 0 Å². The summed E-state index contributed by atoms with van der Waals surface area (Å²) in [7, 11) is -3.28. The molecule has 1 unspecified atom stereocenters. The number of halogens is 1. The Labute approximate surface area is 110 Å². The highest BCUT2D eigenvalue weighted by Crippen LogP contribution is 2.22. The molecule has 4 nitrogen and oxygen atoms in total. The first-order valence-electron chi connectivity index (χ1n) is 5.90. The molecule has 0 rings (SSSR count). The van der Waals surface area contributed by atoms with E-state index in [-0.39, 0.29) is 23.8 Å². The van der Waals surface area contributed by atoms with E-state index in [1.165, 1.54) is 0 Å². The van der Waals surface area contributed by atoms with Crippen LogP contribution in [0.4, 0.5) is 0 Å². The molecule has 0 saturated heterocycles. The van der Waals surface area contributed by atoms with Crippen molar-refractivity contribution < 1.29 is 13.5 Å². The second-order valence-corrected chi connectivity index (χ2v) is 7.52. The molecule has 0 aromatic rings. The Bertz CT molecular complexity index is 298. The first-order valence-corrected chi connectivity index (χ1v) is 8.08. The van der Waals surface area contributed by atoms with Gasteiger partial charge in [0.1, 0.15) is 0 Å². The summed E-state index contributed by atoms with van der Waals surface area (Å²) in [6.07, 6.45) is 1.69. The van der Waals surface area contributed by atoms with Crippen molar-refractivity contribution in [3.05, 3.63) is 0 Å². The monoisotopic (exact) mass is 285 g/mol. The van der Waals surface area contributed by atoms with E-state index in [1.54, 1.807) is 0 Å². The maximum Gasteiger partial charge on any atom is 0.211 e. The number of hydrogen-bond acceptors (Lipinski definition) is 3. The smallest absolute Gasteiger partial charge is 0.211 e. The number of unbranched alkanes of at least 4 members (excludes halogenated alkanes) is 1. The quantitative estimate of drug-likeness (QED) is 0.527. The van der Waals surface area contributed by atoms with Crippen molar-refractivity contribution in [3.63, 3.8) is 0 Å². The predicted molar refractivity (Wildman–Crippen MR) is 71.8 cm³/mol. The van der Waals surface area contributed by atoms with Gasteiger partial charge in [-0.25, -0.2) is 13.1 Å². The molecule has 2 N–H and O–H groups in total. The number of aliphatic hydroxyl groups excluding tert-OH is 1. The Morgan fingerprint density at radius 3 is 2.29 bits per heavy atom. The topological polar surface area (TPSA) is 66.4 Å². The average molecular weight is 286 g/mol. The van der Waals surface area contributed by atoms with Crippen molar-refractivity contribution in [2.45, 2.75) is 46.1 Å². The Morgan fingerprint density at radius 2 is 1.88 bits per heavy atom. The number of hydrogen-bond donors (Lipinski definition) is 2. The zero-order valence-electron chi connectivity index (χ0n) is 10.9. The van der Waals surface area contributed by atoms with Crippen LogP contribution in [0.25, 0.3) is 0 Å². The van der Waals surface area contributed by atoms with E-state index in [9.17, 15) is 8.42 Å². The number of alkyl halides is 1. The van der Waals surface area contributed by atoms with E-state index < -0.39 is 10.0 Å². The minimum atomic E-state index is -3.28. The van der Waals surface area contributed by atoms with Gasteiger partial charge in [0.15, 0.2) is 0 Å². The molecule has 0 aliphatic rings. The summed E-state index contributed by atoms with van der Waals surface area (Å²) in [5, 5.41) is 8.96. The van der Waals surface area contributed by atoms with Crippen LogP contribution in [0.5, 0.6) is 0 Å². The summed E-state index contributed by atoms with van der Waals surface area (Å²) < 4.78 is 26.3. The van der Waals surface area contributed by atoms with Crippen LogP contribution in [0, 0.1) is 5.41 Å². The summed E-state index contributed by atoms with van der Waals surface area (Å²) >= 11 is 5.51. The lowest BCUT2D eigenvalue weighted by Crippen LogP contribution is -2.45. The highest BCUT2D eigenvalue weighted by Gasteiger charge is 2.27. The molecule has 17 heavy (non-hydrogen) atoms. The summed E-state index contributed by atoms with van der Waals surface area (Å²) in [6.45, 7) is 5.84. The molecule has 0 heterocycles. The molecule has 0 aliphatic heterocycles. The Morgan fingerprint density at radius 1 is 1.29 bits per heavy atom.